The minimum absolute atomic E-state index is 0.169. The topological polar surface area (TPSA) is 84.5 Å². The second-order valence-corrected chi connectivity index (χ2v) is 6.96. The van der Waals surface area contributed by atoms with Gasteiger partial charge >= 0.3 is 5.97 Å². The highest BCUT2D eigenvalue weighted by molar-refractivity contribution is 7.99. The molecule has 2 aromatic carbocycles. The van der Waals surface area contributed by atoms with Crippen molar-refractivity contribution in [2.24, 2.45) is 0 Å². The average Bonchev–Trinajstić information content (AvgIpc) is 2.63. The second kappa shape index (κ2) is 10.4. The van der Waals surface area contributed by atoms with Crippen LogP contribution in [0.15, 0.2) is 59.5 Å². The van der Waals surface area contributed by atoms with E-state index < -0.39 is 18.0 Å². The van der Waals surface area contributed by atoms with Crippen LogP contribution in [0.5, 0.6) is 0 Å². The Bertz CT molecular complexity index is 778. The molecule has 0 saturated carbocycles. The van der Waals surface area contributed by atoms with Gasteiger partial charge in [0, 0.05) is 28.9 Å². The number of rotatable bonds is 8. The Morgan fingerprint density at radius 3 is 2.15 bits per heavy atom. The van der Waals surface area contributed by atoms with Gasteiger partial charge in [0.1, 0.15) is 0 Å². The molecule has 0 radical (unpaired) electrons. The highest BCUT2D eigenvalue weighted by Gasteiger charge is 2.17. The predicted molar refractivity (Wildman–Crippen MR) is 107 cm³/mol. The zero-order chi connectivity index (χ0) is 19.6. The maximum Gasteiger partial charge on any atom is 0.307 e. The van der Waals surface area contributed by atoms with Gasteiger partial charge in [-0.1, -0.05) is 18.2 Å². The molecule has 7 heteroatoms. The highest BCUT2D eigenvalue weighted by Crippen LogP contribution is 2.18. The summed E-state index contributed by atoms with van der Waals surface area (Å²) in [5, 5.41) is 5.32. The molecule has 1 atom stereocenters. The maximum atomic E-state index is 12.1. The molecule has 2 aromatic rings. The Kier molecular flexibility index (Phi) is 7.88. The molecule has 27 heavy (non-hydrogen) atoms. The van der Waals surface area contributed by atoms with Crippen molar-refractivity contribution < 1.29 is 19.1 Å². The lowest BCUT2D eigenvalue weighted by Gasteiger charge is -2.14. The molecule has 6 nitrogen and oxygen atoms in total. The van der Waals surface area contributed by atoms with Crippen molar-refractivity contribution in [1.29, 1.82) is 0 Å². The summed E-state index contributed by atoms with van der Waals surface area (Å²) in [5.74, 6) is -0.409. The van der Waals surface area contributed by atoms with Crippen molar-refractivity contribution in [2.75, 3.05) is 16.4 Å². The molecule has 0 spiro atoms. The molecule has 0 heterocycles. The fourth-order valence-corrected chi connectivity index (χ4v) is 3.02. The van der Waals surface area contributed by atoms with Crippen LogP contribution in [0, 0.1) is 0 Å². The van der Waals surface area contributed by atoms with E-state index in [1.54, 1.807) is 36.0 Å². The normalized spacial score (nSPS) is 11.3. The van der Waals surface area contributed by atoms with Gasteiger partial charge in [-0.2, -0.15) is 0 Å². The number of carbonyl (C=O) groups is 3. The van der Waals surface area contributed by atoms with E-state index in [1.807, 2.05) is 30.3 Å². The van der Waals surface area contributed by atoms with E-state index in [-0.39, 0.29) is 12.3 Å². The molecule has 0 unspecified atom stereocenters. The third kappa shape index (κ3) is 7.53. The molecule has 2 rings (SSSR count). The van der Waals surface area contributed by atoms with Crippen LogP contribution >= 0.6 is 11.8 Å². The molecule has 0 aliphatic carbocycles. The fraction of sp³-hybridized carbons (Fsp3) is 0.250. The van der Waals surface area contributed by atoms with Crippen molar-refractivity contribution >= 4 is 40.9 Å². The highest BCUT2D eigenvalue weighted by atomic mass is 32.2. The van der Waals surface area contributed by atoms with Gasteiger partial charge in [-0.3, -0.25) is 14.4 Å². The molecule has 0 bridgehead atoms. The molecule has 0 fully saturated rings. The first-order valence-electron chi connectivity index (χ1n) is 8.50. The molecular weight excluding hydrogens is 364 g/mol. The van der Waals surface area contributed by atoms with Crippen LogP contribution < -0.4 is 10.6 Å². The molecule has 0 aliphatic rings. The van der Waals surface area contributed by atoms with Crippen LogP contribution in [0.1, 0.15) is 20.3 Å². The zero-order valence-electron chi connectivity index (χ0n) is 15.2. The molecule has 142 valence electrons. The third-order valence-electron chi connectivity index (χ3n) is 3.47. The molecule has 0 aromatic heterocycles. The quantitative estimate of drug-likeness (QED) is 0.534. The Morgan fingerprint density at radius 2 is 1.56 bits per heavy atom. The Labute approximate surface area is 162 Å². The summed E-state index contributed by atoms with van der Waals surface area (Å²) in [6.45, 7) is 2.95. The standard InChI is InChI=1S/C20H22N2O4S/c1-14(26-19(24)12-13-27-18-6-4-3-5-7-18)20(25)22-17-10-8-16(9-11-17)21-15(2)23/h3-11,14H,12-13H2,1-2H3,(H,21,23)(H,22,25)/t14-/m0/s1. The summed E-state index contributed by atoms with van der Waals surface area (Å²) in [6, 6.07) is 16.4. The maximum absolute atomic E-state index is 12.1. The summed E-state index contributed by atoms with van der Waals surface area (Å²) in [7, 11) is 0. The minimum Gasteiger partial charge on any atom is -0.453 e. The van der Waals surface area contributed by atoms with Crippen molar-refractivity contribution in [2.45, 2.75) is 31.3 Å². The van der Waals surface area contributed by atoms with E-state index >= 15 is 0 Å². The lowest BCUT2D eigenvalue weighted by atomic mass is 10.2. The van der Waals surface area contributed by atoms with E-state index in [0.29, 0.717) is 17.1 Å². The van der Waals surface area contributed by atoms with Gasteiger partial charge in [-0.05, 0) is 43.3 Å². The number of anilines is 2. The first-order chi connectivity index (χ1) is 12.9. The number of hydrogen-bond acceptors (Lipinski definition) is 5. The Hall–Kier alpha value is -2.80. The summed E-state index contributed by atoms with van der Waals surface area (Å²) >= 11 is 1.56. The summed E-state index contributed by atoms with van der Waals surface area (Å²) in [6.07, 6.45) is -0.669. The van der Waals surface area contributed by atoms with Gasteiger partial charge in [0.25, 0.3) is 5.91 Å². The predicted octanol–water partition coefficient (Wildman–Crippen LogP) is 3.70. The summed E-state index contributed by atoms with van der Waals surface area (Å²) < 4.78 is 5.18. The monoisotopic (exact) mass is 386 g/mol. The van der Waals surface area contributed by atoms with Crippen molar-refractivity contribution in [3.8, 4) is 0 Å². The van der Waals surface area contributed by atoms with Gasteiger partial charge in [0.15, 0.2) is 6.10 Å². The second-order valence-electron chi connectivity index (χ2n) is 5.79. The molecule has 2 N–H and O–H groups in total. The average molecular weight is 386 g/mol. The Balaban J connectivity index is 1.74. The number of amides is 2. The van der Waals surface area contributed by atoms with Gasteiger partial charge in [0.2, 0.25) is 5.91 Å². The number of benzene rings is 2. The minimum atomic E-state index is -0.894. The van der Waals surface area contributed by atoms with E-state index in [0.717, 1.165) is 4.90 Å². The SMILES string of the molecule is CC(=O)Nc1ccc(NC(=O)[C@H](C)OC(=O)CCSc2ccccc2)cc1. The molecule has 2 amide bonds. The number of ether oxygens (including phenoxy) is 1. The zero-order valence-corrected chi connectivity index (χ0v) is 16.0. The van der Waals surface area contributed by atoms with Crippen molar-refractivity contribution in [3.05, 3.63) is 54.6 Å². The number of thioether (sulfide) groups is 1. The van der Waals surface area contributed by atoms with Crippen LogP contribution in [0.25, 0.3) is 0 Å². The lowest BCUT2D eigenvalue weighted by Crippen LogP contribution is -2.30. The molecular formula is C20H22N2O4S. The van der Waals surface area contributed by atoms with E-state index in [2.05, 4.69) is 10.6 Å². The smallest absolute Gasteiger partial charge is 0.307 e. The molecule has 0 aliphatic heterocycles. The summed E-state index contributed by atoms with van der Waals surface area (Å²) in [5.41, 5.74) is 1.19. The molecule has 0 saturated heterocycles. The van der Waals surface area contributed by atoms with E-state index in [9.17, 15) is 14.4 Å². The largest absolute Gasteiger partial charge is 0.453 e. The van der Waals surface area contributed by atoms with Crippen LogP contribution in [0.2, 0.25) is 0 Å². The van der Waals surface area contributed by atoms with E-state index in [4.69, 9.17) is 4.74 Å². The lowest BCUT2D eigenvalue weighted by molar-refractivity contribution is -0.152. The fourth-order valence-electron chi connectivity index (χ4n) is 2.16. The summed E-state index contributed by atoms with van der Waals surface area (Å²) in [4.78, 5) is 36.1. The number of nitrogens with one attached hydrogen (secondary N) is 2. The van der Waals surface area contributed by atoms with Gasteiger partial charge in [-0.15, -0.1) is 11.8 Å². The van der Waals surface area contributed by atoms with Crippen molar-refractivity contribution in [1.82, 2.24) is 0 Å². The van der Waals surface area contributed by atoms with Gasteiger partial charge in [-0.25, -0.2) is 0 Å². The van der Waals surface area contributed by atoms with Gasteiger partial charge < -0.3 is 15.4 Å². The van der Waals surface area contributed by atoms with E-state index in [1.165, 1.54) is 13.8 Å². The van der Waals surface area contributed by atoms with Gasteiger partial charge in [0.05, 0.1) is 6.42 Å². The first kappa shape index (κ1) is 20.5. The number of carbonyl (C=O) groups excluding carboxylic acids is 3. The number of esters is 1. The van der Waals surface area contributed by atoms with Crippen LogP contribution in [-0.4, -0.2) is 29.6 Å². The first-order valence-corrected chi connectivity index (χ1v) is 9.48. The Morgan fingerprint density at radius 1 is 0.963 bits per heavy atom. The van der Waals surface area contributed by atoms with Crippen molar-refractivity contribution in [3.63, 3.8) is 0 Å². The third-order valence-corrected chi connectivity index (χ3v) is 4.48. The van der Waals surface area contributed by atoms with Crippen LogP contribution in [0.3, 0.4) is 0 Å². The van der Waals surface area contributed by atoms with Crippen LogP contribution in [-0.2, 0) is 19.1 Å². The van der Waals surface area contributed by atoms with Crippen LogP contribution in [0.4, 0.5) is 11.4 Å². The number of hydrogen-bond donors (Lipinski definition) is 2.